The third kappa shape index (κ3) is 3.91. The minimum absolute atomic E-state index is 0.0329. The Morgan fingerprint density at radius 1 is 1.24 bits per heavy atom. The summed E-state index contributed by atoms with van der Waals surface area (Å²) in [6.07, 6.45) is 1.53. The smallest absolute Gasteiger partial charge is 0.223 e. The summed E-state index contributed by atoms with van der Waals surface area (Å²) >= 11 is 0. The molecule has 0 aromatic heterocycles. The molecule has 2 rings (SSSR count). The lowest BCUT2D eigenvalue weighted by Crippen LogP contribution is -2.34. The van der Waals surface area contributed by atoms with Crippen LogP contribution < -0.4 is 5.73 Å². The van der Waals surface area contributed by atoms with Crippen LogP contribution in [0.3, 0.4) is 0 Å². The van der Waals surface area contributed by atoms with Gasteiger partial charge in [0, 0.05) is 31.0 Å². The normalized spacial score (nSPS) is 21.6. The van der Waals surface area contributed by atoms with Gasteiger partial charge in [-0.3, -0.25) is 9.59 Å². The molecule has 1 heterocycles. The molecular formula is C17H24N2O2. The van der Waals surface area contributed by atoms with E-state index in [0.29, 0.717) is 18.0 Å². The second-order valence-corrected chi connectivity index (χ2v) is 6.02. The molecule has 0 saturated carbocycles. The zero-order valence-corrected chi connectivity index (χ0v) is 12.8. The summed E-state index contributed by atoms with van der Waals surface area (Å²) in [5, 5.41) is 0. The highest BCUT2D eigenvalue weighted by Gasteiger charge is 2.31. The maximum atomic E-state index is 12.2. The first-order valence-corrected chi connectivity index (χ1v) is 7.60. The number of aryl methyl sites for hydroxylation is 1. The fraction of sp³-hybridized carbons (Fsp3) is 0.529. The first kappa shape index (κ1) is 15.7. The van der Waals surface area contributed by atoms with Crippen molar-refractivity contribution in [3.63, 3.8) is 0 Å². The Morgan fingerprint density at radius 3 is 2.48 bits per heavy atom. The molecule has 21 heavy (non-hydrogen) atoms. The lowest BCUT2D eigenvalue weighted by atomic mass is 10.0. The van der Waals surface area contributed by atoms with Gasteiger partial charge in [-0.15, -0.1) is 0 Å². The van der Waals surface area contributed by atoms with E-state index in [-0.39, 0.29) is 30.6 Å². The van der Waals surface area contributed by atoms with E-state index >= 15 is 0 Å². The molecule has 4 nitrogen and oxygen atoms in total. The minimum atomic E-state index is 0.0329. The fourth-order valence-corrected chi connectivity index (χ4v) is 2.91. The van der Waals surface area contributed by atoms with Crippen LogP contribution in [0.25, 0.3) is 0 Å². The molecule has 0 bridgehead atoms. The molecule has 2 unspecified atom stereocenters. The molecule has 1 saturated heterocycles. The Morgan fingerprint density at radius 2 is 1.90 bits per heavy atom. The van der Waals surface area contributed by atoms with Crippen LogP contribution in [0.4, 0.5) is 0 Å². The number of carbonyl (C=O) groups is 2. The van der Waals surface area contributed by atoms with Crippen LogP contribution >= 0.6 is 0 Å². The van der Waals surface area contributed by atoms with Crippen LogP contribution in [0, 0.1) is 12.8 Å². The number of Topliss-reactive ketones (excluding diaryl/α,β-unsaturated/α-hetero) is 1. The molecule has 2 N–H and O–H groups in total. The van der Waals surface area contributed by atoms with Gasteiger partial charge in [0.15, 0.2) is 5.78 Å². The van der Waals surface area contributed by atoms with E-state index in [1.54, 1.807) is 0 Å². The van der Waals surface area contributed by atoms with Gasteiger partial charge in [-0.1, -0.05) is 29.8 Å². The van der Waals surface area contributed by atoms with Crippen LogP contribution in [-0.4, -0.2) is 35.7 Å². The van der Waals surface area contributed by atoms with Crippen LogP contribution in [0.2, 0.25) is 0 Å². The number of amides is 1. The zero-order chi connectivity index (χ0) is 15.4. The Hall–Kier alpha value is -1.68. The van der Waals surface area contributed by atoms with Gasteiger partial charge in [0.05, 0.1) is 0 Å². The summed E-state index contributed by atoms with van der Waals surface area (Å²) in [4.78, 5) is 26.2. The van der Waals surface area contributed by atoms with E-state index in [1.165, 1.54) is 0 Å². The van der Waals surface area contributed by atoms with Crippen molar-refractivity contribution < 1.29 is 9.59 Å². The van der Waals surface area contributed by atoms with Crippen molar-refractivity contribution in [2.24, 2.45) is 11.7 Å². The first-order chi connectivity index (χ1) is 10.0. The molecule has 1 aliphatic rings. The Labute approximate surface area is 126 Å². The number of ketones is 1. The van der Waals surface area contributed by atoms with E-state index in [1.807, 2.05) is 36.1 Å². The van der Waals surface area contributed by atoms with Gasteiger partial charge in [-0.25, -0.2) is 0 Å². The molecular weight excluding hydrogens is 264 g/mol. The number of hydrogen-bond acceptors (Lipinski definition) is 3. The Bertz CT molecular complexity index is 510. The van der Waals surface area contributed by atoms with Crippen molar-refractivity contribution in [1.29, 1.82) is 0 Å². The second kappa shape index (κ2) is 6.85. The molecule has 4 heteroatoms. The van der Waals surface area contributed by atoms with Crippen molar-refractivity contribution in [2.75, 3.05) is 13.1 Å². The highest BCUT2D eigenvalue weighted by atomic mass is 16.2. The molecule has 1 amide bonds. The van der Waals surface area contributed by atoms with E-state index in [2.05, 4.69) is 6.92 Å². The summed E-state index contributed by atoms with van der Waals surface area (Å²) in [5.74, 6) is 0.501. The topological polar surface area (TPSA) is 63.4 Å². The molecule has 1 aromatic rings. The average Bonchev–Trinajstić information content (AvgIpc) is 2.86. The van der Waals surface area contributed by atoms with Gasteiger partial charge in [-0.05, 0) is 32.7 Å². The highest BCUT2D eigenvalue weighted by molar-refractivity contribution is 5.98. The lowest BCUT2D eigenvalue weighted by Gasteiger charge is -2.21. The lowest BCUT2D eigenvalue weighted by molar-refractivity contribution is -0.131. The molecule has 1 aromatic carbocycles. The predicted octanol–water partition coefficient (Wildman–Crippen LogP) is 2.15. The standard InChI is InChI=1S/C17H24N2O2/c1-12-3-5-15(6-4-12)16(20)7-8-17(21)19-11-14(10-18)9-13(19)2/h3-6,13-14H,7-11,18H2,1-2H3. The minimum Gasteiger partial charge on any atom is -0.340 e. The van der Waals surface area contributed by atoms with E-state index < -0.39 is 0 Å². The van der Waals surface area contributed by atoms with Crippen molar-refractivity contribution >= 4 is 11.7 Å². The molecule has 2 atom stereocenters. The number of likely N-dealkylation sites (tertiary alicyclic amines) is 1. The molecule has 114 valence electrons. The monoisotopic (exact) mass is 288 g/mol. The quantitative estimate of drug-likeness (QED) is 0.844. The second-order valence-electron chi connectivity index (χ2n) is 6.02. The van der Waals surface area contributed by atoms with Crippen molar-refractivity contribution in [2.45, 2.75) is 39.2 Å². The predicted molar refractivity (Wildman–Crippen MR) is 83.1 cm³/mol. The van der Waals surface area contributed by atoms with E-state index in [0.717, 1.165) is 18.5 Å². The van der Waals surface area contributed by atoms with Gasteiger partial charge >= 0.3 is 0 Å². The van der Waals surface area contributed by atoms with Gasteiger partial charge in [-0.2, -0.15) is 0 Å². The maximum absolute atomic E-state index is 12.2. The summed E-state index contributed by atoms with van der Waals surface area (Å²) in [6, 6.07) is 7.73. The Kier molecular flexibility index (Phi) is 5.12. The van der Waals surface area contributed by atoms with E-state index in [4.69, 9.17) is 5.73 Å². The van der Waals surface area contributed by atoms with Gasteiger partial charge in [0.2, 0.25) is 5.91 Å². The van der Waals surface area contributed by atoms with Crippen LogP contribution in [0.15, 0.2) is 24.3 Å². The summed E-state index contributed by atoms with van der Waals surface area (Å²) < 4.78 is 0. The highest BCUT2D eigenvalue weighted by Crippen LogP contribution is 2.23. The average molecular weight is 288 g/mol. The summed E-state index contributed by atoms with van der Waals surface area (Å²) in [6.45, 7) is 5.39. The SMILES string of the molecule is Cc1ccc(C(=O)CCC(=O)N2CC(CN)CC2C)cc1. The van der Waals surface area contributed by atoms with Crippen LogP contribution in [0.1, 0.15) is 42.1 Å². The third-order valence-corrected chi connectivity index (χ3v) is 4.25. The summed E-state index contributed by atoms with van der Waals surface area (Å²) in [7, 11) is 0. The van der Waals surface area contributed by atoms with E-state index in [9.17, 15) is 9.59 Å². The number of nitrogens with zero attached hydrogens (tertiary/aromatic N) is 1. The molecule has 0 radical (unpaired) electrons. The van der Waals surface area contributed by atoms with Crippen molar-refractivity contribution in [3.8, 4) is 0 Å². The number of rotatable bonds is 5. The first-order valence-electron chi connectivity index (χ1n) is 7.60. The largest absolute Gasteiger partial charge is 0.340 e. The third-order valence-electron chi connectivity index (χ3n) is 4.25. The molecule has 1 fully saturated rings. The molecule has 0 aliphatic carbocycles. The number of benzene rings is 1. The number of nitrogens with two attached hydrogens (primary N) is 1. The number of hydrogen-bond donors (Lipinski definition) is 1. The molecule has 0 spiro atoms. The zero-order valence-electron chi connectivity index (χ0n) is 12.8. The van der Waals surface area contributed by atoms with Gasteiger partial charge in [0.25, 0.3) is 0 Å². The number of carbonyl (C=O) groups excluding carboxylic acids is 2. The van der Waals surface area contributed by atoms with Crippen molar-refractivity contribution in [3.05, 3.63) is 35.4 Å². The van der Waals surface area contributed by atoms with Crippen LogP contribution in [-0.2, 0) is 4.79 Å². The molecule has 1 aliphatic heterocycles. The summed E-state index contributed by atoms with van der Waals surface area (Å²) in [5.41, 5.74) is 7.49. The van der Waals surface area contributed by atoms with Gasteiger partial charge < -0.3 is 10.6 Å². The Balaban J connectivity index is 1.86. The van der Waals surface area contributed by atoms with Crippen molar-refractivity contribution in [1.82, 2.24) is 4.90 Å². The van der Waals surface area contributed by atoms with Crippen LogP contribution in [0.5, 0.6) is 0 Å². The maximum Gasteiger partial charge on any atom is 0.223 e. The van der Waals surface area contributed by atoms with Gasteiger partial charge in [0.1, 0.15) is 0 Å². The fourth-order valence-electron chi connectivity index (χ4n) is 2.91.